The van der Waals surface area contributed by atoms with Crippen molar-refractivity contribution < 1.29 is 14.4 Å². The highest BCUT2D eigenvalue weighted by Crippen LogP contribution is 2.36. The fourth-order valence-electron chi connectivity index (χ4n) is 2.35. The third-order valence-electron chi connectivity index (χ3n) is 3.79. The molecule has 0 N–H and O–H groups in total. The van der Waals surface area contributed by atoms with Crippen LogP contribution in [0, 0.1) is 5.92 Å². The monoisotopic (exact) mass is 275 g/mol. The highest BCUT2D eigenvalue weighted by molar-refractivity contribution is 5.98. The molecular weight excluding hydrogens is 254 g/mol. The Kier molecular flexibility index (Phi) is 4.03. The zero-order chi connectivity index (χ0) is 13.9. The third kappa shape index (κ3) is 2.72. The van der Waals surface area contributed by atoms with Gasteiger partial charge in [0, 0.05) is 17.7 Å². The average molecular weight is 275 g/mol. The second-order valence-corrected chi connectivity index (χ2v) is 5.53. The van der Waals surface area contributed by atoms with E-state index in [1.807, 2.05) is 24.3 Å². The molecule has 1 atom stereocenters. The van der Waals surface area contributed by atoms with E-state index in [2.05, 4.69) is 6.92 Å². The first-order valence-corrected chi connectivity index (χ1v) is 7.48. The van der Waals surface area contributed by atoms with E-state index >= 15 is 0 Å². The second-order valence-electron chi connectivity index (χ2n) is 5.53. The number of hydrogen-bond acceptors (Lipinski definition) is 3. The molecule has 2 aliphatic rings. The molecule has 0 bridgehead atoms. The van der Waals surface area contributed by atoms with Crippen LogP contribution in [-0.2, 0) is 9.57 Å². The lowest BCUT2D eigenvalue weighted by atomic mass is 10.1. The predicted molar refractivity (Wildman–Crippen MR) is 74.9 cm³/mol. The number of hydroxylamine groups is 2. The van der Waals surface area contributed by atoms with Gasteiger partial charge < -0.3 is 4.74 Å². The molecule has 1 aliphatic carbocycles. The van der Waals surface area contributed by atoms with Gasteiger partial charge in [-0.3, -0.25) is 9.63 Å². The maximum absolute atomic E-state index is 12.4. The summed E-state index contributed by atoms with van der Waals surface area (Å²) in [5, 5.41) is 1.43. The number of unbranched alkanes of at least 4 members (excludes halogenated alkanes) is 1. The molecule has 1 aliphatic heterocycles. The molecule has 108 valence electrons. The summed E-state index contributed by atoms with van der Waals surface area (Å²) in [5.41, 5.74) is 1.62. The van der Waals surface area contributed by atoms with E-state index in [0.717, 1.165) is 18.4 Å². The van der Waals surface area contributed by atoms with Crippen LogP contribution in [0.5, 0.6) is 0 Å². The van der Waals surface area contributed by atoms with Crippen molar-refractivity contribution in [1.82, 2.24) is 5.06 Å². The highest BCUT2D eigenvalue weighted by atomic mass is 16.7. The molecule has 20 heavy (non-hydrogen) atoms. The van der Waals surface area contributed by atoms with Crippen molar-refractivity contribution in [3.05, 3.63) is 35.4 Å². The van der Waals surface area contributed by atoms with Gasteiger partial charge in [0.05, 0.1) is 6.61 Å². The first-order valence-electron chi connectivity index (χ1n) is 7.48. The predicted octanol–water partition coefficient (Wildman–Crippen LogP) is 3.30. The number of hydrogen-bond donors (Lipinski definition) is 0. The van der Waals surface area contributed by atoms with E-state index < -0.39 is 0 Å². The number of fused-ring (bicyclic) bond motifs is 1. The molecule has 1 unspecified atom stereocenters. The molecule has 1 fully saturated rings. The Labute approximate surface area is 119 Å². The summed E-state index contributed by atoms with van der Waals surface area (Å²) in [6, 6.07) is 7.61. The Morgan fingerprint density at radius 2 is 2.10 bits per heavy atom. The first-order chi connectivity index (χ1) is 9.81. The topological polar surface area (TPSA) is 38.8 Å². The van der Waals surface area contributed by atoms with E-state index in [1.54, 1.807) is 0 Å². The van der Waals surface area contributed by atoms with Gasteiger partial charge in [-0.2, -0.15) is 5.06 Å². The fraction of sp³-hybridized carbons (Fsp3) is 0.562. The van der Waals surface area contributed by atoms with E-state index in [-0.39, 0.29) is 12.1 Å². The number of nitrogens with zero attached hydrogens (tertiary/aromatic N) is 1. The normalized spacial score (nSPS) is 21.4. The van der Waals surface area contributed by atoms with Gasteiger partial charge in [-0.15, -0.1) is 0 Å². The second kappa shape index (κ2) is 5.94. The van der Waals surface area contributed by atoms with Crippen LogP contribution < -0.4 is 0 Å². The molecule has 1 aromatic carbocycles. The van der Waals surface area contributed by atoms with Crippen molar-refractivity contribution in [3.8, 4) is 0 Å². The summed E-state index contributed by atoms with van der Waals surface area (Å²) < 4.78 is 5.89. The van der Waals surface area contributed by atoms with E-state index in [1.165, 1.54) is 17.9 Å². The quantitative estimate of drug-likeness (QED) is 0.717. The lowest BCUT2D eigenvalue weighted by molar-refractivity contribution is -0.218. The smallest absolute Gasteiger partial charge is 0.280 e. The summed E-state index contributed by atoms with van der Waals surface area (Å²) in [7, 11) is 0. The molecule has 3 rings (SSSR count). The Hall–Kier alpha value is -1.39. The largest absolute Gasteiger partial charge is 0.352 e. The van der Waals surface area contributed by atoms with Crippen LogP contribution in [0.3, 0.4) is 0 Å². The van der Waals surface area contributed by atoms with Crippen molar-refractivity contribution in [2.24, 2.45) is 5.92 Å². The summed E-state index contributed by atoms with van der Waals surface area (Å²) in [6.07, 6.45) is 4.09. The minimum Gasteiger partial charge on any atom is -0.352 e. The molecule has 1 amide bonds. The zero-order valence-corrected chi connectivity index (χ0v) is 11.9. The summed E-state index contributed by atoms with van der Waals surface area (Å²) in [6.45, 7) is 3.39. The van der Waals surface area contributed by atoms with E-state index in [9.17, 15) is 4.79 Å². The van der Waals surface area contributed by atoms with Gasteiger partial charge in [-0.1, -0.05) is 31.5 Å². The summed E-state index contributed by atoms with van der Waals surface area (Å²) in [4.78, 5) is 18.1. The Morgan fingerprint density at radius 1 is 1.30 bits per heavy atom. The highest BCUT2D eigenvalue weighted by Gasteiger charge is 2.39. The standard InChI is InChI=1S/C16H21NO3/c1-2-3-10-19-16-14-7-5-4-6-13(14)15(18)17(16)20-11-12-8-9-12/h4-7,12,16H,2-3,8-11H2,1H3. The van der Waals surface area contributed by atoms with E-state index in [0.29, 0.717) is 24.7 Å². The van der Waals surface area contributed by atoms with Gasteiger partial charge in [-0.05, 0) is 31.2 Å². The van der Waals surface area contributed by atoms with Gasteiger partial charge in [0.15, 0.2) is 6.23 Å². The number of amides is 1. The summed E-state index contributed by atoms with van der Waals surface area (Å²) >= 11 is 0. The van der Waals surface area contributed by atoms with Gasteiger partial charge in [0.25, 0.3) is 5.91 Å². The third-order valence-corrected chi connectivity index (χ3v) is 3.79. The van der Waals surface area contributed by atoms with Crippen molar-refractivity contribution >= 4 is 5.91 Å². The number of ether oxygens (including phenoxy) is 1. The Bertz CT molecular complexity index is 484. The van der Waals surface area contributed by atoms with Gasteiger partial charge in [0.1, 0.15) is 0 Å². The Balaban J connectivity index is 1.74. The van der Waals surface area contributed by atoms with Gasteiger partial charge in [-0.25, -0.2) is 0 Å². The summed E-state index contributed by atoms with van der Waals surface area (Å²) in [5.74, 6) is 0.533. The SMILES string of the molecule is CCCCOC1c2ccccc2C(=O)N1OCC1CC1. The number of rotatable bonds is 7. The molecule has 4 nitrogen and oxygen atoms in total. The van der Waals surface area contributed by atoms with Crippen molar-refractivity contribution in [3.63, 3.8) is 0 Å². The number of carbonyl (C=O) groups excluding carboxylic acids is 1. The maximum Gasteiger partial charge on any atom is 0.280 e. The number of benzene rings is 1. The van der Waals surface area contributed by atoms with Crippen LogP contribution in [0.2, 0.25) is 0 Å². The fourth-order valence-corrected chi connectivity index (χ4v) is 2.35. The zero-order valence-electron chi connectivity index (χ0n) is 11.9. The molecule has 4 heteroatoms. The minimum absolute atomic E-state index is 0.0808. The molecular formula is C16H21NO3. The Morgan fingerprint density at radius 3 is 2.85 bits per heavy atom. The maximum atomic E-state index is 12.4. The van der Waals surface area contributed by atoms with Crippen LogP contribution in [0.15, 0.2) is 24.3 Å². The molecule has 0 aromatic heterocycles. The van der Waals surface area contributed by atoms with Crippen molar-refractivity contribution in [2.75, 3.05) is 13.2 Å². The van der Waals surface area contributed by atoms with Gasteiger partial charge in [0.2, 0.25) is 0 Å². The molecule has 0 radical (unpaired) electrons. The van der Waals surface area contributed by atoms with Crippen LogP contribution >= 0.6 is 0 Å². The minimum atomic E-state index is -0.385. The first kappa shape index (κ1) is 13.6. The van der Waals surface area contributed by atoms with Crippen LogP contribution in [0.4, 0.5) is 0 Å². The lowest BCUT2D eigenvalue weighted by Gasteiger charge is -2.24. The molecule has 1 saturated carbocycles. The van der Waals surface area contributed by atoms with Crippen molar-refractivity contribution in [1.29, 1.82) is 0 Å². The lowest BCUT2D eigenvalue weighted by Crippen LogP contribution is -2.31. The molecule has 0 saturated heterocycles. The van der Waals surface area contributed by atoms with Crippen LogP contribution in [0.1, 0.15) is 54.8 Å². The average Bonchev–Trinajstić information content (AvgIpc) is 3.25. The van der Waals surface area contributed by atoms with Crippen LogP contribution in [0.25, 0.3) is 0 Å². The molecule has 1 aromatic rings. The van der Waals surface area contributed by atoms with E-state index in [4.69, 9.17) is 9.57 Å². The number of carbonyl (C=O) groups is 1. The van der Waals surface area contributed by atoms with Gasteiger partial charge >= 0.3 is 0 Å². The molecule has 0 spiro atoms. The molecule has 1 heterocycles. The van der Waals surface area contributed by atoms with Crippen LogP contribution in [-0.4, -0.2) is 24.2 Å². The van der Waals surface area contributed by atoms with Crippen molar-refractivity contribution in [2.45, 2.75) is 38.8 Å².